The molecule has 3 heterocycles. The first kappa shape index (κ1) is 15.3. The van der Waals surface area contributed by atoms with Crippen molar-refractivity contribution in [2.24, 2.45) is 5.92 Å². The monoisotopic (exact) mass is 293 g/mol. The van der Waals surface area contributed by atoms with E-state index in [1.807, 2.05) is 0 Å². The molecule has 3 saturated heterocycles. The summed E-state index contributed by atoms with van der Waals surface area (Å²) in [6, 6.07) is 0.503. The van der Waals surface area contributed by atoms with Crippen molar-refractivity contribution in [3.63, 3.8) is 0 Å². The number of carbonyl (C=O) groups excluding carboxylic acids is 1. The molecule has 0 aromatic rings. The molecule has 3 aliphatic heterocycles. The van der Waals surface area contributed by atoms with Crippen LogP contribution in [0, 0.1) is 5.92 Å². The van der Waals surface area contributed by atoms with Crippen LogP contribution in [-0.2, 0) is 4.79 Å². The van der Waals surface area contributed by atoms with Crippen molar-refractivity contribution in [1.82, 2.24) is 15.1 Å². The Kier molecular flexibility index (Phi) is 5.53. The third-order valence-corrected chi connectivity index (χ3v) is 5.59. The summed E-state index contributed by atoms with van der Waals surface area (Å²) in [6.45, 7) is 6.89. The first-order valence-corrected chi connectivity index (χ1v) is 9.05. The van der Waals surface area contributed by atoms with Gasteiger partial charge in [-0.05, 0) is 77.0 Å². The molecule has 1 amide bonds. The fraction of sp³-hybridized carbons (Fsp3) is 0.941. The molecular formula is C17H31N3O. The molecule has 0 spiro atoms. The Morgan fingerprint density at radius 3 is 2.52 bits per heavy atom. The number of nitrogens with zero attached hydrogens (tertiary/aromatic N) is 2. The summed E-state index contributed by atoms with van der Waals surface area (Å²) in [5.74, 6) is 1.20. The minimum absolute atomic E-state index is 0.426. The predicted octanol–water partition coefficient (Wildman–Crippen LogP) is 1.85. The van der Waals surface area contributed by atoms with Gasteiger partial charge < -0.3 is 15.1 Å². The van der Waals surface area contributed by atoms with Crippen LogP contribution in [0.25, 0.3) is 0 Å². The highest BCUT2D eigenvalue weighted by molar-refractivity contribution is 5.76. The average Bonchev–Trinajstić information content (AvgIpc) is 3.18. The van der Waals surface area contributed by atoms with E-state index in [-0.39, 0.29) is 0 Å². The number of likely N-dealkylation sites (tertiary alicyclic amines) is 2. The minimum atomic E-state index is 0.426. The zero-order chi connectivity index (χ0) is 14.5. The van der Waals surface area contributed by atoms with E-state index >= 15 is 0 Å². The zero-order valence-electron chi connectivity index (χ0n) is 13.4. The van der Waals surface area contributed by atoms with Gasteiger partial charge in [0.15, 0.2) is 0 Å². The minimum Gasteiger partial charge on any atom is -0.338 e. The molecule has 4 heteroatoms. The third kappa shape index (κ3) is 4.19. The maximum atomic E-state index is 12.6. The number of nitrogens with one attached hydrogen (secondary N) is 1. The summed E-state index contributed by atoms with van der Waals surface area (Å²) in [4.78, 5) is 17.3. The van der Waals surface area contributed by atoms with Crippen LogP contribution in [0.2, 0.25) is 0 Å². The van der Waals surface area contributed by atoms with Crippen molar-refractivity contribution < 1.29 is 4.79 Å². The number of amides is 1. The molecule has 1 N–H and O–H groups in total. The molecule has 4 nitrogen and oxygen atoms in total. The molecule has 0 bridgehead atoms. The Labute approximate surface area is 129 Å². The largest absolute Gasteiger partial charge is 0.338 e. The Balaban J connectivity index is 1.43. The highest BCUT2D eigenvalue weighted by Crippen LogP contribution is 2.23. The predicted molar refractivity (Wildman–Crippen MR) is 85.2 cm³/mol. The standard InChI is InChI=1S/C17H31N3O/c21-17(6-5-15-7-9-18-10-8-15)20-13-3-4-16(20)14-19-11-1-2-12-19/h15-16,18H,1-14H2. The summed E-state index contributed by atoms with van der Waals surface area (Å²) in [5.41, 5.74) is 0. The second kappa shape index (κ2) is 7.59. The van der Waals surface area contributed by atoms with Gasteiger partial charge in [-0.15, -0.1) is 0 Å². The quantitative estimate of drug-likeness (QED) is 0.840. The molecular weight excluding hydrogens is 262 g/mol. The summed E-state index contributed by atoms with van der Waals surface area (Å²) in [6.07, 6.45) is 9.50. The molecule has 120 valence electrons. The normalized spacial score (nSPS) is 28.4. The number of carbonyl (C=O) groups is 1. The summed E-state index contributed by atoms with van der Waals surface area (Å²) in [5, 5.41) is 3.40. The molecule has 0 radical (unpaired) electrons. The van der Waals surface area contributed by atoms with Crippen LogP contribution in [0.15, 0.2) is 0 Å². The molecule has 0 aromatic heterocycles. The molecule has 3 rings (SSSR count). The van der Waals surface area contributed by atoms with Crippen molar-refractivity contribution in [1.29, 1.82) is 0 Å². The van der Waals surface area contributed by atoms with Crippen LogP contribution < -0.4 is 5.32 Å². The lowest BCUT2D eigenvalue weighted by atomic mass is 9.93. The van der Waals surface area contributed by atoms with E-state index in [0.29, 0.717) is 11.9 Å². The number of hydrogen-bond donors (Lipinski definition) is 1. The molecule has 1 atom stereocenters. The van der Waals surface area contributed by atoms with Crippen molar-refractivity contribution in [2.75, 3.05) is 39.3 Å². The maximum absolute atomic E-state index is 12.6. The summed E-state index contributed by atoms with van der Waals surface area (Å²) >= 11 is 0. The fourth-order valence-corrected chi connectivity index (χ4v) is 4.26. The van der Waals surface area contributed by atoms with Crippen LogP contribution in [0.1, 0.15) is 51.4 Å². The lowest BCUT2D eigenvalue weighted by Gasteiger charge is -2.29. The van der Waals surface area contributed by atoms with E-state index in [4.69, 9.17) is 0 Å². The highest BCUT2D eigenvalue weighted by atomic mass is 16.2. The lowest BCUT2D eigenvalue weighted by Crippen LogP contribution is -2.42. The van der Waals surface area contributed by atoms with E-state index in [1.54, 1.807) is 0 Å². The summed E-state index contributed by atoms with van der Waals surface area (Å²) < 4.78 is 0. The molecule has 0 aromatic carbocycles. The third-order valence-electron chi connectivity index (χ3n) is 5.59. The van der Waals surface area contributed by atoms with Gasteiger partial charge in [0.1, 0.15) is 0 Å². The van der Waals surface area contributed by atoms with Crippen molar-refractivity contribution in [3.8, 4) is 0 Å². The van der Waals surface area contributed by atoms with Crippen LogP contribution in [0.3, 0.4) is 0 Å². The van der Waals surface area contributed by atoms with Crippen molar-refractivity contribution in [3.05, 3.63) is 0 Å². The molecule has 3 fully saturated rings. The van der Waals surface area contributed by atoms with Gasteiger partial charge in [0, 0.05) is 25.6 Å². The molecule has 3 aliphatic rings. The van der Waals surface area contributed by atoms with E-state index in [1.165, 1.54) is 51.6 Å². The number of rotatable bonds is 5. The topological polar surface area (TPSA) is 35.6 Å². The SMILES string of the molecule is O=C(CCC1CCNCC1)N1CCCC1CN1CCCC1. The van der Waals surface area contributed by atoms with Gasteiger partial charge in [-0.1, -0.05) is 0 Å². The molecule has 0 saturated carbocycles. The van der Waals surface area contributed by atoms with Crippen LogP contribution in [-0.4, -0.2) is 61.0 Å². The first-order valence-electron chi connectivity index (χ1n) is 9.05. The van der Waals surface area contributed by atoms with E-state index in [0.717, 1.165) is 44.9 Å². The van der Waals surface area contributed by atoms with Gasteiger partial charge in [0.25, 0.3) is 0 Å². The van der Waals surface area contributed by atoms with Crippen molar-refractivity contribution in [2.45, 2.75) is 57.4 Å². The van der Waals surface area contributed by atoms with Gasteiger partial charge in [-0.2, -0.15) is 0 Å². The van der Waals surface area contributed by atoms with Gasteiger partial charge in [0.2, 0.25) is 5.91 Å². The van der Waals surface area contributed by atoms with Crippen molar-refractivity contribution >= 4 is 5.91 Å². The molecule has 21 heavy (non-hydrogen) atoms. The number of piperidine rings is 1. The molecule has 0 aliphatic carbocycles. The smallest absolute Gasteiger partial charge is 0.222 e. The number of hydrogen-bond acceptors (Lipinski definition) is 3. The lowest BCUT2D eigenvalue weighted by molar-refractivity contribution is -0.132. The van der Waals surface area contributed by atoms with Crippen LogP contribution in [0.5, 0.6) is 0 Å². The van der Waals surface area contributed by atoms with Gasteiger partial charge in [0.05, 0.1) is 0 Å². The summed E-state index contributed by atoms with van der Waals surface area (Å²) in [7, 11) is 0. The Hall–Kier alpha value is -0.610. The Morgan fingerprint density at radius 1 is 1.00 bits per heavy atom. The molecule has 1 unspecified atom stereocenters. The second-order valence-corrected chi connectivity index (χ2v) is 7.12. The van der Waals surface area contributed by atoms with E-state index in [2.05, 4.69) is 15.1 Å². The Morgan fingerprint density at radius 2 is 1.76 bits per heavy atom. The fourth-order valence-electron chi connectivity index (χ4n) is 4.26. The van der Waals surface area contributed by atoms with Gasteiger partial charge in [-0.25, -0.2) is 0 Å². The van der Waals surface area contributed by atoms with Gasteiger partial charge >= 0.3 is 0 Å². The van der Waals surface area contributed by atoms with Gasteiger partial charge in [-0.3, -0.25) is 4.79 Å². The van der Waals surface area contributed by atoms with Crippen LogP contribution >= 0.6 is 0 Å². The zero-order valence-corrected chi connectivity index (χ0v) is 13.4. The van der Waals surface area contributed by atoms with Crippen LogP contribution in [0.4, 0.5) is 0 Å². The maximum Gasteiger partial charge on any atom is 0.222 e. The average molecular weight is 293 g/mol. The highest BCUT2D eigenvalue weighted by Gasteiger charge is 2.30. The van der Waals surface area contributed by atoms with E-state index < -0.39 is 0 Å². The van der Waals surface area contributed by atoms with E-state index in [9.17, 15) is 4.79 Å². The first-order chi connectivity index (χ1) is 10.3. The second-order valence-electron chi connectivity index (χ2n) is 7.12. The Bertz CT molecular complexity index is 335.